The number of nitrogens with two attached hydrogens (primary N) is 1. The number of esters is 1. The van der Waals surface area contributed by atoms with Gasteiger partial charge in [0.1, 0.15) is 23.5 Å². The fraction of sp³-hybridized carbons (Fsp3) is 0.0952. The second-order valence-corrected chi connectivity index (χ2v) is 6.68. The van der Waals surface area contributed by atoms with E-state index in [1.54, 1.807) is 16.7 Å². The quantitative estimate of drug-likeness (QED) is 0.406. The van der Waals surface area contributed by atoms with Gasteiger partial charge >= 0.3 is 5.97 Å². The predicted octanol–water partition coefficient (Wildman–Crippen LogP) is 4.21. The molecule has 0 saturated carbocycles. The average molecular weight is 393 g/mol. The van der Waals surface area contributed by atoms with Crippen LogP contribution in [0.5, 0.6) is 0 Å². The van der Waals surface area contributed by atoms with Crippen molar-refractivity contribution in [1.82, 2.24) is 14.5 Å². The number of rotatable bonds is 5. The van der Waals surface area contributed by atoms with Crippen LogP contribution >= 0.6 is 11.6 Å². The number of ether oxygens (including phenoxy) is 1. The molecule has 6 nitrogen and oxygen atoms in total. The molecule has 0 aliphatic heterocycles. The van der Waals surface area contributed by atoms with Gasteiger partial charge in [-0.15, -0.1) is 0 Å². The molecule has 2 heterocycles. The van der Waals surface area contributed by atoms with Crippen molar-refractivity contribution in [3.8, 4) is 0 Å². The second kappa shape index (κ2) is 7.32. The van der Waals surface area contributed by atoms with E-state index < -0.39 is 5.97 Å². The third-order valence-corrected chi connectivity index (χ3v) is 4.63. The molecule has 0 saturated heterocycles. The zero-order chi connectivity index (χ0) is 19.7. The monoisotopic (exact) mass is 392 g/mol. The first kappa shape index (κ1) is 18.0. The van der Waals surface area contributed by atoms with Crippen molar-refractivity contribution in [2.45, 2.75) is 6.54 Å². The highest BCUT2D eigenvalue weighted by molar-refractivity contribution is 6.30. The topological polar surface area (TPSA) is 83.0 Å². The summed E-state index contributed by atoms with van der Waals surface area (Å²) in [6.07, 6.45) is 1.50. The number of carbonyl (C=O) groups excluding carboxylic acids is 1. The van der Waals surface area contributed by atoms with Crippen LogP contribution in [0.3, 0.4) is 0 Å². The number of nitrogen functional groups attached to an aromatic ring is 1. The molecule has 0 aliphatic rings. The van der Waals surface area contributed by atoms with E-state index in [9.17, 15) is 4.79 Å². The lowest BCUT2D eigenvalue weighted by Gasteiger charge is -2.08. The summed E-state index contributed by atoms with van der Waals surface area (Å²) in [6.45, 7) is 4.07. The van der Waals surface area contributed by atoms with Gasteiger partial charge in [0.15, 0.2) is 5.65 Å². The summed E-state index contributed by atoms with van der Waals surface area (Å²) in [5.41, 5.74) is 9.87. The van der Waals surface area contributed by atoms with Crippen LogP contribution in [-0.4, -0.2) is 27.1 Å². The second-order valence-electron chi connectivity index (χ2n) is 6.24. The van der Waals surface area contributed by atoms with Gasteiger partial charge in [0, 0.05) is 5.02 Å². The van der Waals surface area contributed by atoms with Crippen molar-refractivity contribution in [2.24, 2.45) is 0 Å². The summed E-state index contributed by atoms with van der Waals surface area (Å²) >= 11 is 5.98. The maximum atomic E-state index is 12.6. The maximum Gasteiger partial charge on any atom is 0.344 e. The SMILES string of the molecule is C=CCOC(=O)c1c(N)n(Cc2ccc(Cl)cc2)c2nc3ccccc3nc12. The molecule has 140 valence electrons. The van der Waals surface area contributed by atoms with Gasteiger partial charge < -0.3 is 15.0 Å². The highest BCUT2D eigenvalue weighted by Crippen LogP contribution is 2.29. The van der Waals surface area contributed by atoms with Gasteiger partial charge in [0.2, 0.25) is 0 Å². The number of hydrogen-bond donors (Lipinski definition) is 1. The number of fused-ring (bicyclic) bond motifs is 2. The van der Waals surface area contributed by atoms with Crippen LogP contribution in [0.1, 0.15) is 15.9 Å². The van der Waals surface area contributed by atoms with Crippen molar-refractivity contribution in [3.63, 3.8) is 0 Å². The van der Waals surface area contributed by atoms with Crippen LogP contribution in [0, 0.1) is 0 Å². The molecule has 4 aromatic rings. The van der Waals surface area contributed by atoms with E-state index in [1.807, 2.05) is 36.4 Å². The van der Waals surface area contributed by atoms with Crippen molar-refractivity contribution in [2.75, 3.05) is 12.3 Å². The van der Waals surface area contributed by atoms with Gasteiger partial charge in [0.05, 0.1) is 17.6 Å². The third-order valence-electron chi connectivity index (χ3n) is 4.38. The minimum atomic E-state index is -0.554. The zero-order valence-electron chi connectivity index (χ0n) is 14.9. The Labute approximate surface area is 166 Å². The maximum absolute atomic E-state index is 12.6. The van der Waals surface area contributed by atoms with Gasteiger partial charge in [-0.2, -0.15) is 0 Å². The Morgan fingerprint density at radius 1 is 1.14 bits per heavy atom. The number of anilines is 1. The van der Waals surface area contributed by atoms with Gasteiger partial charge in [-0.3, -0.25) is 0 Å². The zero-order valence-corrected chi connectivity index (χ0v) is 15.7. The van der Waals surface area contributed by atoms with Crippen LogP contribution in [0.15, 0.2) is 61.2 Å². The van der Waals surface area contributed by atoms with E-state index in [0.717, 1.165) is 11.1 Å². The first-order valence-electron chi connectivity index (χ1n) is 8.65. The molecule has 0 spiro atoms. The summed E-state index contributed by atoms with van der Waals surface area (Å²) in [6, 6.07) is 14.9. The Bertz CT molecular complexity index is 1200. The Morgan fingerprint density at radius 3 is 2.50 bits per heavy atom. The van der Waals surface area contributed by atoms with Crippen LogP contribution in [0.4, 0.5) is 5.82 Å². The highest BCUT2D eigenvalue weighted by atomic mass is 35.5. The largest absolute Gasteiger partial charge is 0.458 e. The first-order chi connectivity index (χ1) is 13.6. The van der Waals surface area contributed by atoms with Crippen molar-refractivity contribution in [1.29, 1.82) is 0 Å². The van der Waals surface area contributed by atoms with Crippen molar-refractivity contribution in [3.05, 3.63) is 77.3 Å². The average Bonchev–Trinajstić information content (AvgIpc) is 2.97. The molecule has 0 fully saturated rings. The lowest BCUT2D eigenvalue weighted by Crippen LogP contribution is -2.10. The normalized spacial score (nSPS) is 11.0. The minimum Gasteiger partial charge on any atom is -0.458 e. The molecule has 28 heavy (non-hydrogen) atoms. The summed E-state index contributed by atoms with van der Waals surface area (Å²) < 4.78 is 6.99. The molecule has 0 bridgehead atoms. The highest BCUT2D eigenvalue weighted by Gasteiger charge is 2.25. The molecule has 0 amide bonds. The van der Waals surface area contributed by atoms with Crippen molar-refractivity contribution < 1.29 is 9.53 Å². The Hall–Kier alpha value is -3.38. The lowest BCUT2D eigenvalue weighted by atomic mass is 10.2. The minimum absolute atomic E-state index is 0.0864. The number of nitrogens with zero attached hydrogens (tertiary/aromatic N) is 3. The smallest absolute Gasteiger partial charge is 0.344 e. The lowest BCUT2D eigenvalue weighted by molar-refractivity contribution is 0.0553. The number of benzene rings is 2. The van der Waals surface area contributed by atoms with Gasteiger partial charge in [0.25, 0.3) is 0 Å². The number of hydrogen-bond acceptors (Lipinski definition) is 5. The molecular formula is C21H17ClN4O2. The Morgan fingerprint density at radius 2 is 1.82 bits per heavy atom. The standard InChI is InChI=1S/C21H17ClN4O2/c1-2-11-28-21(27)17-18-20(25-16-6-4-3-5-15(16)24-18)26(19(17)23)12-13-7-9-14(22)10-8-13/h2-10H,1,11-12,23H2. The molecule has 0 radical (unpaired) electrons. The fourth-order valence-electron chi connectivity index (χ4n) is 3.06. The van der Waals surface area contributed by atoms with E-state index in [2.05, 4.69) is 11.6 Å². The van der Waals surface area contributed by atoms with Gasteiger partial charge in [-0.25, -0.2) is 14.8 Å². The van der Waals surface area contributed by atoms with Crippen LogP contribution < -0.4 is 5.73 Å². The molecule has 2 aromatic carbocycles. The Balaban J connectivity index is 1.92. The third kappa shape index (κ3) is 3.18. The van der Waals surface area contributed by atoms with Crippen LogP contribution in [0.25, 0.3) is 22.2 Å². The number of para-hydroxylation sites is 2. The van der Waals surface area contributed by atoms with Crippen molar-refractivity contribution >= 4 is 45.6 Å². The van der Waals surface area contributed by atoms with E-state index in [-0.39, 0.29) is 18.0 Å². The van der Waals surface area contributed by atoms with E-state index >= 15 is 0 Å². The van der Waals surface area contributed by atoms with E-state index in [4.69, 9.17) is 27.1 Å². The summed E-state index contributed by atoms with van der Waals surface area (Å²) in [4.78, 5) is 22.0. The number of carbonyl (C=O) groups is 1. The number of aromatic nitrogens is 3. The van der Waals surface area contributed by atoms with E-state index in [0.29, 0.717) is 28.2 Å². The molecule has 2 aromatic heterocycles. The number of halogens is 1. The molecule has 4 rings (SSSR count). The fourth-order valence-corrected chi connectivity index (χ4v) is 3.18. The summed E-state index contributed by atoms with van der Waals surface area (Å²) in [5, 5.41) is 0.647. The first-order valence-corrected chi connectivity index (χ1v) is 9.03. The summed E-state index contributed by atoms with van der Waals surface area (Å²) in [5.74, 6) is -0.295. The van der Waals surface area contributed by atoms with Gasteiger partial charge in [-0.1, -0.05) is 48.5 Å². The molecule has 0 unspecified atom stereocenters. The van der Waals surface area contributed by atoms with E-state index in [1.165, 1.54) is 6.08 Å². The van der Waals surface area contributed by atoms with Gasteiger partial charge in [-0.05, 0) is 29.8 Å². The van der Waals surface area contributed by atoms with Crippen LogP contribution in [0.2, 0.25) is 5.02 Å². The Kier molecular flexibility index (Phi) is 4.71. The summed E-state index contributed by atoms with van der Waals surface area (Å²) in [7, 11) is 0. The predicted molar refractivity (Wildman–Crippen MR) is 110 cm³/mol. The van der Waals surface area contributed by atoms with Crippen LogP contribution in [-0.2, 0) is 11.3 Å². The molecular weight excluding hydrogens is 376 g/mol. The molecule has 2 N–H and O–H groups in total. The molecule has 7 heteroatoms. The molecule has 0 atom stereocenters. The molecule has 0 aliphatic carbocycles.